The van der Waals surface area contributed by atoms with Gasteiger partial charge < -0.3 is 245 Å². The van der Waals surface area contributed by atoms with E-state index in [-0.39, 0.29) is 0 Å². The second-order valence-electron chi connectivity index (χ2n) is 31.4. The highest BCUT2D eigenvalue weighted by Crippen LogP contribution is 2.41. The first-order valence-corrected chi connectivity index (χ1v) is 39.8. The summed E-state index contributed by atoms with van der Waals surface area (Å²) < 4.78 is 108. The quantitative estimate of drug-likeness (QED) is 0.0280. The van der Waals surface area contributed by atoms with Crippen molar-refractivity contribution in [2.24, 2.45) is 0 Å². The summed E-state index contributed by atoms with van der Waals surface area (Å²) in [5, 5.41) is 303. The predicted octanol–water partition coefficient (Wildman–Crippen LogP) is -20.4. The van der Waals surface area contributed by atoms with Gasteiger partial charge in [-0.2, -0.15) is 0 Å². The fourth-order valence-electron chi connectivity index (χ4n) is 15.8. The van der Waals surface area contributed by atoms with E-state index in [2.05, 4.69) is 26.6 Å². The van der Waals surface area contributed by atoms with Gasteiger partial charge in [0, 0.05) is 34.6 Å². The van der Waals surface area contributed by atoms with Gasteiger partial charge in [0.05, 0.1) is 77.7 Å². The molecule has 124 heavy (non-hydrogen) atoms. The van der Waals surface area contributed by atoms with E-state index in [4.69, 9.17) is 85.3 Å². The van der Waals surface area contributed by atoms with E-state index in [1.54, 1.807) is 0 Å². The Morgan fingerprint density at radius 3 is 0.992 bits per heavy atom. The van der Waals surface area contributed by atoms with Crippen molar-refractivity contribution in [3.05, 3.63) is 0 Å². The first kappa shape index (κ1) is 103. The summed E-state index contributed by atoms with van der Waals surface area (Å²) in [6.07, 6.45) is -91.0. The zero-order valence-electron chi connectivity index (χ0n) is 67.7. The van der Waals surface area contributed by atoms with Crippen molar-refractivity contribution in [2.45, 2.75) is 349 Å². The molecular weight excluding hydrogens is 1690 g/mol. The Kier molecular flexibility index (Phi) is 38.0. The lowest BCUT2D eigenvalue weighted by atomic mass is 9.93. The van der Waals surface area contributed by atoms with Gasteiger partial charge in [-0.05, 0) is 13.8 Å². The van der Waals surface area contributed by atoms with E-state index in [1.807, 2.05) is 0 Å². The van der Waals surface area contributed by atoms with E-state index in [9.17, 15) is 157 Å². The van der Waals surface area contributed by atoms with Crippen molar-refractivity contribution in [2.75, 3.05) is 59.5 Å². The minimum Gasteiger partial charge on any atom is -0.394 e. The van der Waals surface area contributed by atoms with E-state index in [1.165, 1.54) is 13.8 Å². The van der Waals surface area contributed by atoms with Crippen LogP contribution in [0.3, 0.4) is 0 Å². The third kappa shape index (κ3) is 23.5. The first-order chi connectivity index (χ1) is 58.5. The highest BCUT2D eigenvalue weighted by molar-refractivity contribution is 5.75. The Hall–Kier alpha value is -4.41. The number of amides is 5. The zero-order chi connectivity index (χ0) is 91.8. The van der Waals surface area contributed by atoms with E-state index < -0.39 is 389 Å². The maximum Gasteiger partial charge on any atom is 0.217 e. The Morgan fingerprint density at radius 1 is 0.290 bits per heavy atom. The maximum atomic E-state index is 13.4. The minimum atomic E-state index is -2.54. The van der Waals surface area contributed by atoms with Gasteiger partial charge in [-0.25, -0.2) is 0 Å². The first-order valence-electron chi connectivity index (χ1n) is 39.8. The lowest BCUT2D eigenvalue weighted by Gasteiger charge is -2.52. The lowest BCUT2D eigenvalue weighted by molar-refractivity contribution is -0.400. The average Bonchev–Trinajstić information content (AvgIpc) is 0.761. The van der Waals surface area contributed by atoms with Crippen LogP contribution in [0.15, 0.2) is 0 Å². The molecule has 0 bridgehead atoms. The van der Waals surface area contributed by atoms with Crippen molar-refractivity contribution < 1.29 is 242 Å². The molecule has 9 rings (SSSR count). The molecule has 0 unspecified atom stereocenters. The van der Waals surface area contributed by atoms with E-state index in [0.29, 0.717) is 0 Å². The van der Waals surface area contributed by atoms with Crippen LogP contribution in [0.1, 0.15) is 48.5 Å². The predicted molar refractivity (Wildman–Crippen MR) is 387 cm³/mol. The van der Waals surface area contributed by atoms with Gasteiger partial charge >= 0.3 is 0 Å². The molecule has 9 saturated heterocycles. The highest BCUT2D eigenvalue weighted by atomic mass is 16.8. The van der Waals surface area contributed by atoms with Gasteiger partial charge in [0.1, 0.15) is 226 Å². The van der Waals surface area contributed by atoms with E-state index in [0.717, 1.165) is 34.6 Å². The van der Waals surface area contributed by atoms with Crippen LogP contribution in [-0.2, 0) is 109 Å². The summed E-state index contributed by atoms with van der Waals surface area (Å²) in [6, 6.07) is -9.43. The molecule has 54 heteroatoms. The van der Waals surface area contributed by atoms with Crippen molar-refractivity contribution in [1.29, 1.82) is 0 Å². The Balaban J connectivity index is 0.982. The number of hydrogen-bond donors (Lipinski definition) is 31. The molecule has 0 saturated carbocycles. The third-order valence-corrected chi connectivity index (χ3v) is 22.5. The molecule has 5 amide bonds. The number of carbonyl (C=O) groups excluding carboxylic acids is 5. The minimum absolute atomic E-state index is 0.843. The molecule has 0 aromatic carbocycles. The molecule has 0 aromatic rings. The normalized spacial score (nSPS) is 46.3. The Morgan fingerprint density at radius 2 is 0.605 bits per heavy atom. The summed E-state index contributed by atoms with van der Waals surface area (Å²) in [6.45, 7) is -3.17. The topological polar surface area (TPSA) is 838 Å². The van der Waals surface area contributed by atoms with Crippen molar-refractivity contribution in [3.8, 4) is 0 Å². The van der Waals surface area contributed by atoms with Gasteiger partial charge in [0.15, 0.2) is 56.6 Å². The lowest BCUT2D eigenvalue weighted by Crippen LogP contribution is -2.71. The molecular formula is C70H119N5O49. The monoisotopic (exact) mass is 1810 g/mol. The summed E-state index contributed by atoms with van der Waals surface area (Å²) >= 11 is 0. The van der Waals surface area contributed by atoms with Crippen LogP contribution in [0.5, 0.6) is 0 Å². The molecule has 31 N–H and O–H groups in total. The molecule has 54 nitrogen and oxygen atoms in total. The van der Waals surface area contributed by atoms with Crippen molar-refractivity contribution >= 4 is 29.5 Å². The van der Waals surface area contributed by atoms with Gasteiger partial charge in [-0.3, -0.25) is 24.0 Å². The number of hydrogen-bond acceptors (Lipinski definition) is 49. The summed E-state index contributed by atoms with van der Waals surface area (Å²) in [5.74, 6) is -4.66. The SMILES string of the molecule is CC(=O)N[C@H]1[C@H](OC[C@@H](O)[C@H](O)[C@H](O[C@@H]2O[C@H](CO)[C@H](O)[C@H](O[C@@H]3O[C@H](CO)[C@@H](O)[C@H](O[C@@H]4O[C@H](CO)[C@H](O)[C@H](O[C@H]5O[C@H](CO)[C@H](O)[C@H](O)[C@H]5NC(C)=O)[C@H]4O[C@@H]4O[C@@H](C)[C@@H](O)[C@@H](O)[C@@H]4O)[C@H]3NC(C)=O)[C@H]2O)[C@H](CO)NC(C)=O)O[C@H](CO)[C@@H](O[C@@H]2O[C@H](CO)[C@H](O)[C@H](O[C@H]3O[C@H](CO)[C@H](O)[C@H](O)[C@H]3NC(C)=O)[C@H]2O[C@@H]2O[C@@H](C)[C@@H](O)[C@@H](O)[C@@H]2O)[C@@H]1O. The van der Waals surface area contributed by atoms with Crippen LogP contribution in [-0.4, -0.2) is 522 Å². The van der Waals surface area contributed by atoms with Crippen molar-refractivity contribution in [3.63, 3.8) is 0 Å². The average molecular weight is 1810 g/mol. The van der Waals surface area contributed by atoms with Crippen molar-refractivity contribution in [1.82, 2.24) is 26.6 Å². The summed E-state index contributed by atoms with van der Waals surface area (Å²) in [7, 11) is 0. The van der Waals surface area contributed by atoms with Gasteiger partial charge in [-0.1, -0.05) is 0 Å². The second-order valence-corrected chi connectivity index (χ2v) is 31.4. The van der Waals surface area contributed by atoms with Crippen LogP contribution < -0.4 is 26.6 Å². The number of aliphatic hydroxyl groups excluding tert-OH is 26. The van der Waals surface area contributed by atoms with Gasteiger partial charge in [-0.15, -0.1) is 0 Å². The number of rotatable bonds is 35. The Bertz CT molecular complexity index is 3350. The molecule has 9 heterocycles. The van der Waals surface area contributed by atoms with Crippen LogP contribution in [0, 0.1) is 0 Å². The van der Waals surface area contributed by atoms with Crippen LogP contribution in [0.25, 0.3) is 0 Å². The molecule has 0 spiro atoms. The summed E-state index contributed by atoms with van der Waals surface area (Å²) in [4.78, 5) is 64.4. The number of aliphatic hydroxyl groups is 26. The molecule has 49 atom stereocenters. The molecule has 9 aliphatic rings. The summed E-state index contributed by atoms with van der Waals surface area (Å²) in [5.41, 5.74) is 0. The smallest absolute Gasteiger partial charge is 0.217 e. The standard InChI is InChI=1S/C70H119N5O49/c1-17-37(90)49(102)51(104)66(108-17)123-60-58(121-63-33(72-20(4)85)46(99)40(93)26(9-77)110-63)44(97)30(13-81)114-69(60)118-55-32(15-83)116-62(35(48(55)101)74-22(6)87)107-16-25(89)39(92)54(24(8-76)71-19(3)84)117-68-53(106)57(43(96)29(12-80)113-68)120-65-36(75-23(7)88)56(42(95)28(11-79)112-65)119-70-61(124-67-52(105)50(103)38(91)18(2)109-67)59(45(98)31(14-82)115-70)122-64-34(73-21(5)86)47(100)41(94)27(10-78)111-64/h17-18,24-70,76-83,89-106H,8-16H2,1-7H3,(H,71,84)(H,72,85)(H,73,86)(H,74,87)(H,75,88)/t17-,18-,24-,25+,26+,27+,28+,29+,30+,31+,32+,33+,34+,35+,36+,37+,38+,39-,40-,41-,42+,43-,44-,45-,46+,47+,48+,49+,50+,51-,52-,53+,54+,55+,56+,57-,58-,59-,60+,61+,62+,63+,64+,65-,66-,67-,68-,69-,70-/m0/s1. The van der Waals surface area contributed by atoms with Crippen LogP contribution in [0.4, 0.5) is 0 Å². The molecule has 0 aliphatic carbocycles. The molecule has 0 aromatic heterocycles. The molecule has 9 aliphatic heterocycles. The number of nitrogens with one attached hydrogen (secondary N) is 5. The number of ether oxygens (including phenoxy) is 18. The fourth-order valence-corrected chi connectivity index (χ4v) is 15.8. The van der Waals surface area contributed by atoms with Gasteiger partial charge in [0.2, 0.25) is 29.5 Å². The number of carbonyl (C=O) groups is 5. The largest absolute Gasteiger partial charge is 0.394 e. The maximum absolute atomic E-state index is 13.4. The molecule has 718 valence electrons. The van der Waals surface area contributed by atoms with Gasteiger partial charge in [0.25, 0.3) is 0 Å². The second kappa shape index (κ2) is 45.6. The van der Waals surface area contributed by atoms with E-state index >= 15 is 0 Å². The fraction of sp³-hybridized carbons (Fsp3) is 0.929. The van der Waals surface area contributed by atoms with Crippen LogP contribution in [0.2, 0.25) is 0 Å². The van der Waals surface area contributed by atoms with Crippen LogP contribution >= 0.6 is 0 Å². The molecule has 0 radical (unpaired) electrons. The highest BCUT2D eigenvalue weighted by Gasteiger charge is 2.62. The zero-order valence-corrected chi connectivity index (χ0v) is 67.7. The third-order valence-electron chi connectivity index (χ3n) is 22.5. The Labute approximate surface area is 704 Å². The molecule has 9 fully saturated rings.